The van der Waals surface area contributed by atoms with E-state index in [0.29, 0.717) is 11.9 Å². The van der Waals surface area contributed by atoms with Crippen molar-refractivity contribution < 1.29 is 4.42 Å². The normalized spacial score (nSPS) is 20.4. The molecule has 18 heavy (non-hydrogen) atoms. The number of nitrogens with two attached hydrogens (primary N) is 1. The van der Waals surface area contributed by atoms with E-state index in [0.717, 1.165) is 37.3 Å². The second-order valence-electron chi connectivity index (χ2n) is 4.79. The van der Waals surface area contributed by atoms with Crippen molar-refractivity contribution in [1.29, 1.82) is 0 Å². The van der Waals surface area contributed by atoms with Gasteiger partial charge in [-0.3, -0.25) is 4.90 Å². The Kier molecular flexibility index (Phi) is 3.13. The van der Waals surface area contributed by atoms with Crippen LogP contribution in [0.25, 0.3) is 11.5 Å². The Balaban J connectivity index is 1.70. The minimum atomic E-state index is 0.311. The summed E-state index contributed by atoms with van der Waals surface area (Å²) in [5.41, 5.74) is 7.88. The summed E-state index contributed by atoms with van der Waals surface area (Å²) in [7, 11) is 0. The first-order valence-corrected chi connectivity index (χ1v) is 6.29. The largest absolute Gasteiger partial charge is 0.444 e. The molecule has 4 heteroatoms. The van der Waals surface area contributed by atoms with Crippen LogP contribution in [-0.4, -0.2) is 29.0 Å². The molecule has 94 valence electrons. The molecular formula is C14H17N3O. The quantitative estimate of drug-likeness (QED) is 0.894. The predicted octanol–water partition coefficient (Wildman–Crippen LogP) is 1.87. The van der Waals surface area contributed by atoms with Gasteiger partial charge in [0.05, 0.1) is 5.69 Å². The molecule has 3 rings (SSSR count). The van der Waals surface area contributed by atoms with Crippen molar-refractivity contribution in [3.05, 3.63) is 42.3 Å². The zero-order valence-corrected chi connectivity index (χ0v) is 10.2. The molecule has 1 aliphatic rings. The van der Waals surface area contributed by atoms with E-state index in [1.54, 1.807) is 6.26 Å². The molecule has 2 aromatic rings. The summed E-state index contributed by atoms with van der Waals surface area (Å²) >= 11 is 0. The molecule has 0 amide bonds. The molecule has 1 unspecified atom stereocenters. The van der Waals surface area contributed by atoms with Gasteiger partial charge in [-0.25, -0.2) is 4.98 Å². The fourth-order valence-electron chi connectivity index (χ4n) is 2.33. The molecule has 0 radical (unpaired) electrons. The van der Waals surface area contributed by atoms with Crippen molar-refractivity contribution in [3.63, 3.8) is 0 Å². The lowest BCUT2D eigenvalue weighted by molar-refractivity contribution is 0.322. The first-order chi connectivity index (χ1) is 8.81. The summed E-state index contributed by atoms with van der Waals surface area (Å²) < 4.78 is 5.52. The van der Waals surface area contributed by atoms with E-state index in [-0.39, 0.29) is 0 Å². The van der Waals surface area contributed by atoms with Gasteiger partial charge in [-0.15, -0.1) is 0 Å². The molecule has 1 atom stereocenters. The highest BCUT2D eigenvalue weighted by molar-refractivity contribution is 5.52. The first kappa shape index (κ1) is 11.4. The Morgan fingerprint density at radius 1 is 1.33 bits per heavy atom. The second-order valence-corrected chi connectivity index (χ2v) is 4.79. The smallest absolute Gasteiger partial charge is 0.226 e. The number of nitrogens with zero attached hydrogens (tertiary/aromatic N) is 2. The maximum atomic E-state index is 5.89. The van der Waals surface area contributed by atoms with E-state index in [1.807, 2.05) is 30.3 Å². The molecule has 1 saturated heterocycles. The van der Waals surface area contributed by atoms with Crippen LogP contribution in [0.15, 0.2) is 41.0 Å². The third-order valence-electron chi connectivity index (χ3n) is 3.27. The second kappa shape index (κ2) is 4.92. The van der Waals surface area contributed by atoms with Gasteiger partial charge in [-0.05, 0) is 18.6 Å². The highest BCUT2D eigenvalue weighted by atomic mass is 16.3. The SMILES string of the molecule is NC1CCN(Cc2coc(-c3ccccc3)n2)C1. The third kappa shape index (κ3) is 2.44. The monoisotopic (exact) mass is 243 g/mol. The van der Waals surface area contributed by atoms with Crippen molar-refractivity contribution in [2.24, 2.45) is 5.73 Å². The molecule has 1 fully saturated rings. The van der Waals surface area contributed by atoms with Crippen LogP contribution in [0.1, 0.15) is 12.1 Å². The lowest BCUT2D eigenvalue weighted by Crippen LogP contribution is -2.26. The van der Waals surface area contributed by atoms with Gasteiger partial charge in [-0.1, -0.05) is 18.2 Å². The zero-order valence-electron chi connectivity index (χ0n) is 10.2. The molecular weight excluding hydrogens is 226 g/mol. The van der Waals surface area contributed by atoms with Crippen LogP contribution < -0.4 is 5.73 Å². The summed E-state index contributed by atoms with van der Waals surface area (Å²) in [4.78, 5) is 6.84. The average Bonchev–Trinajstić information content (AvgIpc) is 3.01. The van der Waals surface area contributed by atoms with E-state index < -0.39 is 0 Å². The van der Waals surface area contributed by atoms with E-state index >= 15 is 0 Å². The van der Waals surface area contributed by atoms with Gasteiger partial charge in [0.2, 0.25) is 5.89 Å². The van der Waals surface area contributed by atoms with Gasteiger partial charge in [0.15, 0.2) is 0 Å². The molecule has 0 bridgehead atoms. The van der Waals surface area contributed by atoms with Crippen molar-refractivity contribution in [2.45, 2.75) is 19.0 Å². The third-order valence-corrected chi connectivity index (χ3v) is 3.27. The van der Waals surface area contributed by atoms with E-state index in [4.69, 9.17) is 10.2 Å². The molecule has 0 spiro atoms. The first-order valence-electron chi connectivity index (χ1n) is 6.29. The summed E-state index contributed by atoms with van der Waals surface area (Å²) in [5.74, 6) is 0.689. The Bertz CT molecular complexity index is 509. The summed E-state index contributed by atoms with van der Waals surface area (Å²) in [6.07, 6.45) is 2.82. The van der Waals surface area contributed by atoms with Crippen molar-refractivity contribution in [2.75, 3.05) is 13.1 Å². The topological polar surface area (TPSA) is 55.3 Å². The Hall–Kier alpha value is -1.65. The summed E-state index contributed by atoms with van der Waals surface area (Å²) in [5, 5.41) is 0. The number of oxazole rings is 1. The van der Waals surface area contributed by atoms with Crippen LogP contribution in [0.2, 0.25) is 0 Å². The number of likely N-dealkylation sites (tertiary alicyclic amines) is 1. The Morgan fingerprint density at radius 3 is 2.89 bits per heavy atom. The van der Waals surface area contributed by atoms with Crippen molar-refractivity contribution in [3.8, 4) is 11.5 Å². The van der Waals surface area contributed by atoms with Crippen molar-refractivity contribution in [1.82, 2.24) is 9.88 Å². The average molecular weight is 243 g/mol. The van der Waals surface area contributed by atoms with E-state index in [9.17, 15) is 0 Å². The Labute approximate surface area is 106 Å². The molecule has 2 heterocycles. The van der Waals surface area contributed by atoms with Crippen LogP contribution >= 0.6 is 0 Å². The number of benzene rings is 1. The lowest BCUT2D eigenvalue weighted by atomic mass is 10.2. The van der Waals surface area contributed by atoms with Gasteiger partial charge < -0.3 is 10.2 Å². The highest BCUT2D eigenvalue weighted by Crippen LogP contribution is 2.19. The van der Waals surface area contributed by atoms with Gasteiger partial charge >= 0.3 is 0 Å². The van der Waals surface area contributed by atoms with Gasteiger partial charge in [0.25, 0.3) is 0 Å². The van der Waals surface area contributed by atoms with Crippen LogP contribution in [-0.2, 0) is 6.54 Å². The molecule has 1 aliphatic heterocycles. The van der Waals surface area contributed by atoms with Crippen LogP contribution in [0, 0.1) is 0 Å². The summed E-state index contributed by atoms with van der Waals surface area (Å²) in [6.45, 7) is 2.83. The summed E-state index contributed by atoms with van der Waals surface area (Å²) in [6, 6.07) is 10.3. The number of hydrogen-bond acceptors (Lipinski definition) is 4. The fraction of sp³-hybridized carbons (Fsp3) is 0.357. The number of rotatable bonds is 3. The molecule has 2 N–H and O–H groups in total. The fourth-order valence-corrected chi connectivity index (χ4v) is 2.33. The van der Waals surface area contributed by atoms with Gasteiger partial charge in [-0.2, -0.15) is 0 Å². The lowest BCUT2D eigenvalue weighted by Gasteiger charge is -2.12. The minimum Gasteiger partial charge on any atom is -0.444 e. The predicted molar refractivity (Wildman–Crippen MR) is 69.8 cm³/mol. The van der Waals surface area contributed by atoms with Crippen LogP contribution in [0.5, 0.6) is 0 Å². The molecule has 1 aromatic carbocycles. The molecule has 0 aliphatic carbocycles. The zero-order chi connectivity index (χ0) is 12.4. The number of aromatic nitrogens is 1. The van der Waals surface area contributed by atoms with Gasteiger partial charge in [0.1, 0.15) is 6.26 Å². The molecule has 4 nitrogen and oxygen atoms in total. The van der Waals surface area contributed by atoms with Crippen LogP contribution in [0.4, 0.5) is 0 Å². The number of hydrogen-bond donors (Lipinski definition) is 1. The molecule has 1 aromatic heterocycles. The standard InChI is InChI=1S/C14H17N3O/c15-12-6-7-17(8-12)9-13-10-18-14(16-13)11-4-2-1-3-5-11/h1-5,10,12H,6-9,15H2. The maximum absolute atomic E-state index is 5.89. The van der Waals surface area contributed by atoms with Crippen LogP contribution in [0.3, 0.4) is 0 Å². The minimum absolute atomic E-state index is 0.311. The van der Waals surface area contributed by atoms with Gasteiger partial charge in [0, 0.05) is 31.2 Å². The van der Waals surface area contributed by atoms with E-state index in [2.05, 4.69) is 9.88 Å². The molecule has 0 saturated carbocycles. The highest BCUT2D eigenvalue weighted by Gasteiger charge is 2.20. The van der Waals surface area contributed by atoms with E-state index in [1.165, 1.54) is 0 Å². The maximum Gasteiger partial charge on any atom is 0.226 e. The Morgan fingerprint density at radius 2 is 2.17 bits per heavy atom. The van der Waals surface area contributed by atoms with Crippen molar-refractivity contribution >= 4 is 0 Å².